The third-order valence-electron chi connectivity index (χ3n) is 2.42. The normalized spacial score (nSPS) is 10.0. The predicted octanol–water partition coefficient (Wildman–Crippen LogP) is 1.59. The third kappa shape index (κ3) is 2.10. The molecule has 1 N–H and O–H groups in total. The number of nitrogens with zero attached hydrogens (tertiary/aromatic N) is 3. The molecule has 0 unspecified atom stereocenters. The van der Waals surface area contributed by atoms with E-state index in [4.69, 9.17) is 11.0 Å². The van der Waals surface area contributed by atoms with Crippen molar-refractivity contribution < 1.29 is 0 Å². The molecule has 0 amide bonds. The van der Waals surface area contributed by atoms with Gasteiger partial charge >= 0.3 is 0 Å². The van der Waals surface area contributed by atoms with Gasteiger partial charge in [-0.1, -0.05) is 12.1 Å². The van der Waals surface area contributed by atoms with Crippen LogP contribution in [0.15, 0.2) is 36.8 Å². The maximum atomic E-state index is 8.68. The first-order chi connectivity index (χ1) is 7.83. The van der Waals surface area contributed by atoms with Crippen molar-refractivity contribution in [3.05, 3.63) is 53.6 Å². The quantitative estimate of drug-likeness (QED) is 0.773. The van der Waals surface area contributed by atoms with Crippen molar-refractivity contribution in [2.45, 2.75) is 13.1 Å². The Kier molecular flexibility index (Phi) is 2.99. The lowest BCUT2D eigenvalue weighted by molar-refractivity contribution is 0.735. The molecule has 2 aromatic rings. The summed E-state index contributed by atoms with van der Waals surface area (Å²) in [5, 5.41) is 8.68. The molecule has 0 spiro atoms. The van der Waals surface area contributed by atoms with Crippen molar-refractivity contribution in [2.75, 3.05) is 0 Å². The second-order valence-corrected chi connectivity index (χ2v) is 3.50. The minimum absolute atomic E-state index is 0.232. The van der Waals surface area contributed by atoms with Gasteiger partial charge in [0.2, 0.25) is 0 Å². The van der Waals surface area contributed by atoms with Crippen molar-refractivity contribution in [1.29, 1.82) is 5.26 Å². The van der Waals surface area contributed by atoms with Gasteiger partial charge < -0.3 is 4.57 Å². The number of hydrogen-bond acceptors (Lipinski definition) is 2. The fraction of sp³-hybridized carbons (Fsp3) is 0.167. The van der Waals surface area contributed by atoms with Gasteiger partial charge in [-0.15, -0.1) is 0 Å². The number of benzene rings is 1. The molecule has 0 saturated carbocycles. The predicted molar refractivity (Wildman–Crippen MR) is 59.3 cm³/mol. The summed E-state index contributed by atoms with van der Waals surface area (Å²) < 4.78 is 1.94. The van der Waals surface area contributed by atoms with Gasteiger partial charge in [0.05, 0.1) is 30.2 Å². The van der Waals surface area contributed by atoms with Gasteiger partial charge in [-0.3, -0.25) is 5.73 Å². The second kappa shape index (κ2) is 4.60. The molecule has 0 fully saturated rings. The molecule has 1 radical (unpaired) electrons. The molecule has 1 aromatic heterocycles. The monoisotopic (exact) mass is 211 g/mol. The Bertz CT molecular complexity index is 505. The summed E-state index contributed by atoms with van der Waals surface area (Å²) in [6, 6.07) is 9.53. The van der Waals surface area contributed by atoms with Crippen LogP contribution in [0.2, 0.25) is 0 Å². The van der Waals surface area contributed by atoms with E-state index in [0.717, 1.165) is 11.3 Å². The Morgan fingerprint density at radius 1 is 1.31 bits per heavy atom. The molecule has 0 aliphatic heterocycles. The SMILES string of the molecule is N#Cc1ccc(Cn2cncc2C[NH])cc1. The first-order valence-corrected chi connectivity index (χ1v) is 4.96. The van der Waals surface area contributed by atoms with E-state index in [2.05, 4.69) is 11.1 Å². The summed E-state index contributed by atoms with van der Waals surface area (Å²) in [5.41, 5.74) is 9.99. The van der Waals surface area contributed by atoms with Gasteiger partial charge in [-0.05, 0) is 17.7 Å². The second-order valence-electron chi connectivity index (χ2n) is 3.50. The highest BCUT2D eigenvalue weighted by Gasteiger charge is 2.01. The first kappa shape index (κ1) is 10.4. The van der Waals surface area contributed by atoms with E-state index in [-0.39, 0.29) is 6.54 Å². The van der Waals surface area contributed by atoms with E-state index in [1.807, 2.05) is 16.7 Å². The number of nitrogens with one attached hydrogen (secondary N) is 1. The summed E-state index contributed by atoms with van der Waals surface area (Å²) in [4.78, 5) is 4.01. The standard InChI is InChI=1S/C12H11N4/c13-5-10-1-3-11(4-2-10)8-16-9-15-7-12(16)6-14/h1-4,7,9,14H,6,8H2. The molecule has 1 heterocycles. The Morgan fingerprint density at radius 2 is 2.06 bits per heavy atom. The minimum Gasteiger partial charge on any atom is -0.329 e. The van der Waals surface area contributed by atoms with Gasteiger partial charge in [0, 0.05) is 12.7 Å². The van der Waals surface area contributed by atoms with Crippen molar-refractivity contribution in [3.8, 4) is 6.07 Å². The van der Waals surface area contributed by atoms with Crippen LogP contribution in [0, 0.1) is 11.3 Å². The van der Waals surface area contributed by atoms with Crippen LogP contribution < -0.4 is 5.73 Å². The van der Waals surface area contributed by atoms with Crippen LogP contribution >= 0.6 is 0 Å². The Hall–Kier alpha value is -2.12. The van der Waals surface area contributed by atoms with Gasteiger partial charge in [-0.2, -0.15) is 5.26 Å². The maximum Gasteiger partial charge on any atom is 0.0991 e. The third-order valence-corrected chi connectivity index (χ3v) is 2.42. The average molecular weight is 211 g/mol. The lowest BCUT2D eigenvalue weighted by Gasteiger charge is -2.06. The molecular weight excluding hydrogens is 200 g/mol. The van der Waals surface area contributed by atoms with E-state index < -0.39 is 0 Å². The lowest BCUT2D eigenvalue weighted by atomic mass is 10.1. The van der Waals surface area contributed by atoms with E-state index >= 15 is 0 Å². The van der Waals surface area contributed by atoms with Crippen LogP contribution in [-0.4, -0.2) is 9.55 Å². The fourth-order valence-electron chi connectivity index (χ4n) is 1.52. The van der Waals surface area contributed by atoms with Gasteiger partial charge in [0.25, 0.3) is 0 Å². The topological polar surface area (TPSA) is 65.4 Å². The molecule has 79 valence electrons. The van der Waals surface area contributed by atoms with E-state index in [0.29, 0.717) is 12.1 Å². The molecule has 0 bridgehead atoms. The molecule has 4 heteroatoms. The van der Waals surface area contributed by atoms with E-state index in [9.17, 15) is 0 Å². The zero-order chi connectivity index (χ0) is 11.4. The average Bonchev–Trinajstić information content (AvgIpc) is 2.77. The van der Waals surface area contributed by atoms with Crippen LogP contribution in [-0.2, 0) is 13.1 Å². The fourth-order valence-corrected chi connectivity index (χ4v) is 1.52. The van der Waals surface area contributed by atoms with Crippen molar-refractivity contribution >= 4 is 0 Å². The number of aromatic nitrogens is 2. The maximum absolute atomic E-state index is 8.68. The van der Waals surface area contributed by atoms with Gasteiger partial charge in [0.1, 0.15) is 0 Å². The molecule has 2 rings (SSSR count). The number of nitriles is 1. The summed E-state index contributed by atoms with van der Waals surface area (Å²) >= 11 is 0. The Labute approximate surface area is 94.0 Å². The molecule has 0 aliphatic carbocycles. The smallest absolute Gasteiger partial charge is 0.0991 e. The summed E-state index contributed by atoms with van der Waals surface area (Å²) in [6.45, 7) is 0.927. The number of rotatable bonds is 3. The van der Waals surface area contributed by atoms with Crippen LogP contribution in [0.1, 0.15) is 16.8 Å². The van der Waals surface area contributed by atoms with Crippen molar-refractivity contribution in [3.63, 3.8) is 0 Å². The summed E-state index contributed by atoms with van der Waals surface area (Å²) in [5.74, 6) is 0. The first-order valence-electron chi connectivity index (χ1n) is 4.96. The molecule has 16 heavy (non-hydrogen) atoms. The molecule has 0 saturated heterocycles. The summed E-state index contributed by atoms with van der Waals surface area (Å²) in [7, 11) is 0. The summed E-state index contributed by atoms with van der Waals surface area (Å²) in [6.07, 6.45) is 3.43. The van der Waals surface area contributed by atoms with Crippen LogP contribution in [0.3, 0.4) is 0 Å². The highest BCUT2D eigenvalue weighted by molar-refractivity contribution is 5.31. The van der Waals surface area contributed by atoms with E-state index in [1.54, 1.807) is 24.7 Å². The largest absolute Gasteiger partial charge is 0.329 e. The van der Waals surface area contributed by atoms with Gasteiger partial charge in [-0.25, -0.2) is 4.98 Å². The highest BCUT2D eigenvalue weighted by Crippen LogP contribution is 2.07. The van der Waals surface area contributed by atoms with Crippen molar-refractivity contribution in [2.24, 2.45) is 0 Å². The molecule has 0 atom stereocenters. The highest BCUT2D eigenvalue weighted by atomic mass is 15.0. The molecular formula is C12H11N4. The molecule has 4 nitrogen and oxygen atoms in total. The Balaban J connectivity index is 2.18. The zero-order valence-corrected chi connectivity index (χ0v) is 8.72. The Morgan fingerprint density at radius 3 is 2.69 bits per heavy atom. The van der Waals surface area contributed by atoms with Crippen LogP contribution in [0.5, 0.6) is 0 Å². The number of hydrogen-bond donors (Lipinski definition) is 0. The van der Waals surface area contributed by atoms with Crippen molar-refractivity contribution in [1.82, 2.24) is 15.3 Å². The number of imidazole rings is 1. The zero-order valence-electron chi connectivity index (χ0n) is 8.72. The van der Waals surface area contributed by atoms with Crippen LogP contribution in [0.25, 0.3) is 0 Å². The van der Waals surface area contributed by atoms with Gasteiger partial charge in [0.15, 0.2) is 0 Å². The van der Waals surface area contributed by atoms with E-state index in [1.165, 1.54) is 0 Å². The molecule has 0 aliphatic rings. The lowest BCUT2D eigenvalue weighted by Crippen LogP contribution is -2.03. The van der Waals surface area contributed by atoms with Crippen LogP contribution in [0.4, 0.5) is 0 Å². The minimum atomic E-state index is 0.232. The molecule has 1 aromatic carbocycles.